The van der Waals surface area contributed by atoms with Gasteiger partial charge in [-0.3, -0.25) is 38.6 Å². The smallest absolute Gasteiger partial charge is 0.320 e. The van der Waals surface area contributed by atoms with Gasteiger partial charge in [0.1, 0.15) is 0 Å². The number of carbonyl (C=O) groups excluding carboxylic acids is 6. The van der Waals surface area contributed by atoms with Crippen molar-refractivity contribution in [3.8, 4) is 0 Å². The summed E-state index contributed by atoms with van der Waals surface area (Å²) < 4.78 is 33.4. The van der Waals surface area contributed by atoms with E-state index in [0.717, 1.165) is 116 Å². The van der Waals surface area contributed by atoms with Crippen LogP contribution in [0.5, 0.6) is 0 Å². The fraction of sp³-hybridized carbons (Fsp3) is 0.889. The second-order valence-corrected chi connectivity index (χ2v) is 19.2. The molecule has 0 N–H and O–H groups in total. The van der Waals surface area contributed by atoms with E-state index in [1.807, 2.05) is 0 Å². The molecule has 0 spiro atoms. The number of unbranched alkanes of at least 4 members (excludes halogenated alkanes) is 20. The van der Waals surface area contributed by atoms with Gasteiger partial charge in [-0.2, -0.15) is 0 Å². The SMILES string of the molecule is CCCCCCCCOC(=O)CN(CC(=O)OCCCCCCCC)CC(=O)OC[C@H]1CC[C@@H](COC(=O)CN(CC(=O)OCCCCCCCC)CC(=O)OCCCCCCCC)C(CC)C1. The van der Waals surface area contributed by atoms with Gasteiger partial charge in [0.15, 0.2) is 0 Å². The number of carbonyl (C=O) groups is 6. The van der Waals surface area contributed by atoms with Crippen LogP contribution in [0.15, 0.2) is 0 Å². The Morgan fingerprint density at radius 3 is 0.926 bits per heavy atom. The monoisotopic (exact) mass is 967 g/mol. The molecule has 0 aromatic carbocycles. The predicted molar refractivity (Wildman–Crippen MR) is 267 cm³/mol. The van der Waals surface area contributed by atoms with Crippen LogP contribution in [0.25, 0.3) is 0 Å². The van der Waals surface area contributed by atoms with E-state index in [9.17, 15) is 28.8 Å². The second-order valence-electron chi connectivity index (χ2n) is 19.2. The van der Waals surface area contributed by atoms with Crippen molar-refractivity contribution in [2.45, 2.75) is 214 Å². The van der Waals surface area contributed by atoms with Gasteiger partial charge >= 0.3 is 35.8 Å². The highest BCUT2D eigenvalue weighted by Gasteiger charge is 2.32. The van der Waals surface area contributed by atoms with E-state index < -0.39 is 35.8 Å². The van der Waals surface area contributed by atoms with E-state index in [1.165, 1.54) is 74.0 Å². The molecule has 0 radical (unpaired) electrons. The molecule has 0 aliphatic heterocycles. The molecule has 0 aromatic heterocycles. The summed E-state index contributed by atoms with van der Waals surface area (Å²) in [4.78, 5) is 80.5. The number of ether oxygens (including phenoxy) is 6. The Kier molecular flexibility index (Phi) is 40.4. The minimum atomic E-state index is -0.524. The Morgan fingerprint density at radius 1 is 0.338 bits per heavy atom. The summed E-state index contributed by atoms with van der Waals surface area (Å²) in [6, 6.07) is 0. The normalized spacial score (nSPS) is 15.8. The van der Waals surface area contributed by atoms with Crippen LogP contribution in [-0.2, 0) is 57.2 Å². The van der Waals surface area contributed by atoms with Crippen molar-refractivity contribution < 1.29 is 57.2 Å². The Bertz CT molecular complexity index is 1250. The molecule has 1 fully saturated rings. The molecule has 0 saturated heterocycles. The molecule has 1 rings (SSSR count). The molecule has 0 amide bonds. The summed E-state index contributed by atoms with van der Waals surface area (Å²) in [5, 5.41) is 0. The third-order valence-corrected chi connectivity index (χ3v) is 12.9. The Hall–Kier alpha value is -3.26. The summed E-state index contributed by atoms with van der Waals surface area (Å²) in [6.45, 7) is 11.0. The van der Waals surface area contributed by atoms with E-state index >= 15 is 0 Å². The third kappa shape index (κ3) is 35.8. The Morgan fingerprint density at radius 2 is 0.618 bits per heavy atom. The molecule has 1 saturated carbocycles. The lowest BCUT2D eigenvalue weighted by molar-refractivity contribution is -0.156. The second kappa shape index (κ2) is 43.7. The third-order valence-electron chi connectivity index (χ3n) is 12.9. The maximum atomic E-state index is 13.2. The average molecular weight is 967 g/mol. The van der Waals surface area contributed by atoms with Gasteiger partial charge in [0.05, 0.1) is 78.9 Å². The lowest BCUT2D eigenvalue weighted by Gasteiger charge is -2.35. The molecule has 0 heterocycles. The van der Waals surface area contributed by atoms with Gasteiger partial charge in [-0.05, 0) is 62.7 Å². The fourth-order valence-electron chi connectivity index (χ4n) is 8.68. The van der Waals surface area contributed by atoms with Crippen molar-refractivity contribution in [2.75, 3.05) is 78.9 Å². The zero-order chi connectivity index (χ0) is 49.9. The van der Waals surface area contributed by atoms with Crippen LogP contribution in [0.1, 0.15) is 214 Å². The van der Waals surface area contributed by atoms with Crippen molar-refractivity contribution in [1.82, 2.24) is 9.80 Å². The van der Waals surface area contributed by atoms with E-state index in [4.69, 9.17) is 28.4 Å². The van der Waals surface area contributed by atoms with Crippen molar-refractivity contribution in [2.24, 2.45) is 17.8 Å². The summed E-state index contributed by atoms with van der Waals surface area (Å²) in [6.07, 6.45) is 28.7. The lowest BCUT2D eigenvalue weighted by Crippen LogP contribution is -2.41. The highest BCUT2D eigenvalue weighted by Crippen LogP contribution is 2.36. The van der Waals surface area contributed by atoms with Crippen molar-refractivity contribution in [3.05, 3.63) is 0 Å². The number of nitrogens with zero attached hydrogens (tertiary/aromatic N) is 2. The van der Waals surface area contributed by atoms with E-state index in [-0.39, 0.29) is 70.2 Å². The molecular weight excluding hydrogens is 869 g/mol. The van der Waals surface area contributed by atoms with E-state index in [1.54, 1.807) is 0 Å². The van der Waals surface area contributed by atoms with Crippen molar-refractivity contribution >= 4 is 35.8 Å². The topological polar surface area (TPSA) is 164 Å². The average Bonchev–Trinajstić information content (AvgIpc) is 3.31. The molecule has 14 heteroatoms. The minimum absolute atomic E-state index is 0.106. The first-order chi connectivity index (χ1) is 33.0. The molecule has 1 unspecified atom stereocenters. The standard InChI is InChI=1S/C54H98N2O12/c1-6-11-15-19-23-27-33-63-49(57)38-55(39-50(58)64-34-28-24-20-16-12-7-2)42-53(61)67-44-46-31-32-48(47(10-5)37-46)45-68-54(62)43-56(40-51(59)65-35-29-25-21-17-13-8-3)41-52(60)66-36-30-26-22-18-14-9-4/h46-48H,6-45H2,1-5H3/t46-,47?,48-/m0/s1. The van der Waals surface area contributed by atoms with Crippen LogP contribution in [0.3, 0.4) is 0 Å². The van der Waals surface area contributed by atoms with Crippen LogP contribution in [0, 0.1) is 17.8 Å². The number of hydrogen-bond acceptors (Lipinski definition) is 14. The highest BCUT2D eigenvalue weighted by atomic mass is 16.6. The Labute approximate surface area is 412 Å². The summed E-state index contributed by atoms with van der Waals surface area (Å²) in [5.41, 5.74) is 0. The van der Waals surface area contributed by atoms with Gasteiger partial charge < -0.3 is 28.4 Å². The zero-order valence-electron chi connectivity index (χ0n) is 43.8. The van der Waals surface area contributed by atoms with Crippen LogP contribution in [-0.4, -0.2) is 125 Å². The highest BCUT2D eigenvalue weighted by molar-refractivity contribution is 5.79. The summed E-state index contributed by atoms with van der Waals surface area (Å²) in [5.74, 6) is -2.57. The van der Waals surface area contributed by atoms with Gasteiger partial charge in [0.25, 0.3) is 0 Å². The molecule has 3 atom stereocenters. The van der Waals surface area contributed by atoms with Gasteiger partial charge in [-0.15, -0.1) is 0 Å². The molecule has 396 valence electrons. The number of esters is 6. The molecular formula is C54H98N2O12. The van der Waals surface area contributed by atoms with Crippen LogP contribution in [0.4, 0.5) is 0 Å². The molecule has 68 heavy (non-hydrogen) atoms. The maximum absolute atomic E-state index is 13.2. The quantitative estimate of drug-likeness (QED) is 0.0322. The van der Waals surface area contributed by atoms with Crippen LogP contribution >= 0.6 is 0 Å². The predicted octanol–water partition coefficient (Wildman–Crippen LogP) is 10.7. The summed E-state index contributed by atoms with van der Waals surface area (Å²) >= 11 is 0. The minimum Gasteiger partial charge on any atom is -0.465 e. The first-order valence-corrected chi connectivity index (χ1v) is 27.4. The van der Waals surface area contributed by atoms with Gasteiger partial charge in [0.2, 0.25) is 0 Å². The largest absolute Gasteiger partial charge is 0.465 e. The molecule has 0 aromatic rings. The number of rotatable bonds is 45. The molecule has 1 aliphatic rings. The number of hydrogen-bond donors (Lipinski definition) is 0. The van der Waals surface area contributed by atoms with Crippen LogP contribution in [0.2, 0.25) is 0 Å². The molecule has 0 bridgehead atoms. The van der Waals surface area contributed by atoms with Gasteiger partial charge in [0, 0.05) is 0 Å². The van der Waals surface area contributed by atoms with Gasteiger partial charge in [-0.25, -0.2) is 0 Å². The molecule has 14 nitrogen and oxygen atoms in total. The van der Waals surface area contributed by atoms with Crippen LogP contribution < -0.4 is 0 Å². The van der Waals surface area contributed by atoms with Crippen molar-refractivity contribution in [3.63, 3.8) is 0 Å². The first-order valence-electron chi connectivity index (χ1n) is 27.4. The fourth-order valence-corrected chi connectivity index (χ4v) is 8.68. The first kappa shape index (κ1) is 62.8. The Balaban J connectivity index is 2.70. The van der Waals surface area contributed by atoms with E-state index in [2.05, 4.69) is 34.6 Å². The molecule has 1 aliphatic carbocycles. The van der Waals surface area contributed by atoms with E-state index in [0.29, 0.717) is 26.4 Å². The lowest BCUT2D eigenvalue weighted by atomic mass is 9.73. The van der Waals surface area contributed by atoms with Crippen molar-refractivity contribution in [1.29, 1.82) is 0 Å². The maximum Gasteiger partial charge on any atom is 0.320 e. The summed E-state index contributed by atoms with van der Waals surface area (Å²) in [7, 11) is 0. The zero-order valence-corrected chi connectivity index (χ0v) is 43.8. The van der Waals surface area contributed by atoms with Gasteiger partial charge in [-0.1, -0.05) is 169 Å².